The van der Waals surface area contributed by atoms with Gasteiger partial charge in [0.15, 0.2) is 0 Å². The van der Waals surface area contributed by atoms with Crippen molar-refractivity contribution in [2.45, 2.75) is 38.1 Å². The van der Waals surface area contributed by atoms with E-state index in [0.29, 0.717) is 19.3 Å². The van der Waals surface area contributed by atoms with Crippen LogP contribution in [0.15, 0.2) is 30.3 Å². The van der Waals surface area contributed by atoms with Gasteiger partial charge in [0.05, 0.1) is 13.2 Å². The Bertz CT molecular complexity index is 382. The molecule has 3 heteroatoms. The third-order valence-electron chi connectivity index (χ3n) is 4.25. The van der Waals surface area contributed by atoms with Crippen LogP contribution in [0, 0.1) is 5.92 Å². The van der Waals surface area contributed by atoms with Crippen molar-refractivity contribution in [3.63, 3.8) is 0 Å². The molecule has 1 aliphatic rings. The summed E-state index contributed by atoms with van der Waals surface area (Å²) < 4.78 is 10.6. The van der Waals surface area contributed by atoms with Gasteiger partial charge in [-0.1, -0.05) is 37.3 Å². The fraction of sp³-hybridized carbons (Fsp3) is 0.667. The van der Waals surface area contributed by atoms with Gasteiger partial charge in [0.25, 0.3) is 0 Å². The lowest BCUT2D eigenvalue weighted by molar-refractivity contribution is 0.0648. The zero-order valence-electron chi connectivity index (χ0n) is 13.4. The molecule has 118 valence electrons. The molecule has 1 saturated carbocycles. The minimum Gasteiger partial charge on any atom is -0.382 e. The molecule has 0 bridgehead atoms. The summed E-state index contributed by atoms with van der Waals surface area (Å²) in [5.74, 6) is 1.50. The molecule has 3 nitrogen and oxygen atoms in total. The van der Waals surface area contributed by atoms with Crippen LogP contribution < -0.4 is 5.32 Å². The van der Waals surface area contributed by atoms with E-state index < -0.39 is 0 Å². The van der Waals surface area contributed by atoms with Gasteiger partial charge in [-0.05, 0) is 43.2 Å². The number of methoxy groups -OCH3 is 1. The van der Waals surface area contributed by atoms with Crippen molar-refractivity contribution in [2.75, 3.05) is 33.5 Å². The minimum atomic E-state index is 0.581. The molecule has 0 radical (unpaired) electrons. The van der Waals surface area contributed by atoms with Crippen LogP contribution in [0.4, 0.5) is 0 Å². The fourth-order valence-electron chi connectivity index (χ4n) is 2.99. The third kappa shape index (κ3) is 5.42. The first-order valence-electron chi connectivity index (χ1n) is 8.21. The van der Waals surface area contributed by atoms with Crippen LogP contribution >= 0.6 is 0 Å². The molecule has 0 heterocycles. The van der Waals surface area contributed by atoms with E-state index in [2.05, 4.69) is 42.6 Å². The highest BCUT2D eigenvalue weighted by atomic mass is 16.5. The lowest BCUT2D eigenvalue weighted by Gasteiger charge is -2.19. The molecule has 1 aromatic carbocycles. The number of benzene rings is 1. The Kier molecular flexibility index (Phi) is 7.20. The molecule has 1 aromatic rings. The van der Waals surface area contributed by atoms with E-state index in [1.54, 1.807) is 7.11 Å². The molecule has 2 rings (SSSR count). The highest BCUT2D eigenvalue weighted by Crippen LogP contribution is 2.50. The predicted octanol–water partition coefficient (Wildman–Crippen LogP) is 3.21. The maximum Gasteiger partial charge on any atom is 0.0700 e. The molecule has 1 aliphatic carbocycles. The Labute approximate surface area is 129 Å². The van der Waals surface area contributed by atoms with Crippen LogP contribution in [0.3, 0.4) is 0 Å². The summed E-state index contributed by atoms with van der Waals surface area (Å²) in [6, 6.07) is 11.5. The Hall–Kier alpha value is -0.900. The van der Waals surface area contributed by atoms with E-state index in [1.807, 2.05) is 0 Å². The molecule has 21 heavy (non-hydrogen) atoms. The Morgan fingerprint density at radius 3 is 2.71 bits per heavy atom. The normalized spacial score (nSPS) is 22.2. The smallest absolute Gasteiger partial charge is 0.0700 e. The summed E-state index contributed by atoms with van der Waals surface area (Å²) in [6.45, 7) is 5.52. The summed E-state index contributed by atoms with van der Waals surface area (Å²) in [4.78, 5) is 0. The topological polar surface area (TPSA) is 30.5 Å². The van der Waals surface area contributed by atoms with E-state index in [1.165, 1.54) is 18.4 Å². The molecule has 0 amide bonds. The third-order valence-corrected chi connectivity index (χ3v) is 4.25. The van der Waals surface area contributed by atoms with Crippen molar-refractivity contribution in [2.24, 2.45) is 5.92 Å². The fourth-order valence-corrected chi connectivity index (χ4v) is 2.99. The van der Waals surface area contributed by atoms with Gasteiger partial charge < -0.3 is 14.8 Å². The lowest BCUT2D eigenvalue weighted by Crippen LogP contribution is -2.33. The van der Waals surface area contributed by atoms with Crippen molar-refractivity contribution in [3.05, 3.63) is 35.9 Å². The lowest BCUT2D eigenvalue weighted by atomic mass is 10.0. The molecule has 1 N–H and O–H groups in total. The van der Waals surface area contributed by atoms with Crippen LogP contribution in [0.5, 0.6) is 0 Å². The van der Waals surface area contributed by atoms with Crippen molar-refractivity contribution < 1.29 is 9.47 Å². The summed E-state index contributed by atoms with van der Waals surface area (Å²) in [5.41, 5.74) is 1.49. The van der Waals surface area contributed by atoms with E-state index in [9.17, 15) is 0 Å². The largest absolute Gasteiger partial charge is 0.382 e. The first-order valence-corrected chi connectivity index (χ1v) is 8.21. The second-order valence-corrected chi connectivity index (χ2v) is 5.87. The van der Waals surface area contributed by atoms with Gasteiger partial charge in [-0.15, -0.1) is 0 Å². The second kappa shape index (κ2) is 9.19. The van der Waals surface area contributed by atoms with Crippen LogP contribution in [0.25, 0.3) is 0 Å². The van der Waals surface area contributed by atoms with Gasteiger partial charge in [-0.2, -0.15) is 0 Å². The van der Waals surface area contributed by atoms with Gasteiger partial charge in [0.2, 0.25) is 0 Å². The molecular formula is C18H29NO2. The molecule has 0 saturated heterocycles. The zero-order valence-corrected chi connectivity index (χ0v) is 13.4. The molecule has 0 aliphatic heterocycles. The first kappa shape index (κ1) is 16.5. The molecule has 3 unspecified atom stereocenters. The van der Waals surface area contributed by atoms with Gasteiger partial charge in [-0.3, -0.25) is 0 Å². The minimum absolute atomic E-state index is 0.581. The van der Waals surface area contributed by atoms with E-state index >= 15 is 0 Å². The first-order chi connectivity index (χ1) is 10.4. The number of rotatable bonds is 11. The molecule has 0 spiro atoms. The number of ether oxygens (including phenoxy) is 2. The monoisotopic (exact) mass is 291 g/mol. The van der Waals surface area contributed by atoms with E-state index in [4.69, 9.17) is 9.47 Å². The molecule has 3 atom stereocenters. The highest BCUT2D eigenvalue weighted by molar-refractivity contribution is 5.26. The van der Waals surface area contributed by atoms with Crippen LogP contribution in [0.1, 0.15) is 37.7 Å². The van der Waals surface area contributed by atoms with Crippen LogP contribution in [-0.2, 0) is 9.47 Å². The Morgan fingerprint density at radius 1 is 1.19 bits per heavy atom. The average molecular weight is 291 g/mol. The maximum atomic E-state index is 5.64. The van der Waals surface area contributed by atoms with E-state index in [-0.39, 0.29) is 0 Å². The summed E-state index contributed by atoms with van der Waals surface area (Å²) in [7, 11) is 1.71. The van der Waals surface area contributed by atoms with Crippen molar-refractivity contribution >= 4 is 0 Å². The maximum absolute atomic E-state index is 5.64. The van der Waals surface area contributed by atoms with Crippen LogP contribution in [0.2, 0.25) is 0 Å². The number of hydrogen-bond acceptors (Lipinski definition) is 3. The summed E-state index contributed by atoms with van der Waals surface area (Å²) in [6.07, 6.45) is 3.59. The number of nitrogens with one attached hydrogen (secondary N) is 1. The predicted molar refractivity (Wildman–Crippen MR) is 86.7 cm³/mol. The summed E-state index contributed by atoms with van der Waals surface area (Å²) >= 11 is 0. The Balaban J connectivity index is 1.77. The highest BCUT2D eigenvalue weighted by Gasteiger charge is 2.43. The quantitative estimate of drug-likeness (QED) is 0.635. The van der Waals surface area contributed by atoms with Crippen molar-refractivity contribution in [1.82, 2.24) is 5.32 Å². The zero-order chi connectivity index (χ0) is 14.9. The second-order valence-electron chi connectivity index (χ2n) is 5.87. The van der Waals surface area contributed by atoms with Crippen molar-refractivity contribution in [1.29, 1.82) is 0 Å². The standard InChI is InChI=1S/C18H29NO2/c1-3-10-19-18(9-11-21-13-12-20-2)17-14-16(17)15-7-5-4-6-8-15/h4-8,16-19H,3,9-14H2,1-2H3. The molecule has 1 fully saturated rings. The van der Waals surface area contributed by atoms with Gasteiger partial charge in [0.1, 0.15) is 0 Å². The average Bonchev–Trinajstić information content (AvgIpc) is 3.31. The molecule has 0 aromatic heterocycles. The van der Waals surface area contributed by atoms with Crippen molar-refractivity contribution in [3.8, 4) is 0 Å². The van der Waals surface area contributed by atoms with Gasteiger partial charge >= 0.3 is 0 Å². The van der Waals surface area contributed by atoms with E-state index in [0.717, 1.165) is 31.4 Å². The van der Waals surface area contributed by atoms with Gasteiger partial charge in [-0.25, -0.2) is 0 Å². The number of hydrogen-bond donors (Lipinski definition) is 1. The molecular weight excluding hydrogens is 262 g/mol. The van der Waals surface area contributed by atoms with Crippen LogP contribution in [-0.4, -0.2) is 39.5 Å². The van der Waals surface area contributed by atoms with Gasteiger partial charge in [0, 0.05) is 19.8 Å². The Morgan fingerprint density at radius 2 is 2.00 bits per heavy atom. The SMILES string of the molecule is CCCNC(CCOCCOC)C1CC1c1ccccc1. The summed E-state index contributed by atoms with van der Waals surface area (Å²) in [5, 5.41) is 3.71.